The van der Waals surface area contributed by atoms with Crippen LogP contribution in [0.25, 0.3) is 0 Å². The summed E-state index contributed by atoms with van der Waals surface area (Å²) < 4.78 is 1.77. The van der Waals surface area contributed by atoms with Crippen LogP contribution in [0.5, 0.6) is 0 Å². The second kappa shape index (κ2) is 6.72. The minimum Gasteiger partial charge on any atom is -0.481 e. The maximum atomic E-state index is 12.8. The molecule has 2 heterocycles. The number of aryl methyl sites for hydroxylation is 1. The van der Waals surface area contributed by atoms with Gasteiger partial charge in [0.15, 0.2) is 0 Å². The average Bonchev–Trinajstić information content (AvgIpc) is 3.29. The Morgan fingerprint density at radius 3 is 2.81 bits per heavy atom. The van der Waals surface area contributed by atoms with Gasteiger partial charge in [-0.05, 0) is 31.2 Å². The van der Waals surface area contributed by atoms with Gasteiger partial charge in [0.2, 0.25) is 0 Å². The molecule has 2 fully saturated rings. The molecule has 2 atom stereocenters. The number of likely N-dealkylation sites (tertiary alicyclic amines) is 1. The number of hydrogen-bond donors (Lipinski definition) is 2. The summed E-state index contributed by atoms with van der Waals surface area (Å²) in [5.74, 6) is -0.0928. The van der Waals surface area contributed by atoms with Gasteiger partial charge in [-0.15, -0.1) is 0 Å². The van der Waals surface area contributed by atoms with Gasteiger partial charge in [0.05, 0.1) is 17.7 Å². The van der Waals surface area contributed by atoms with Crippen molar-refractivity contribution in [2.45, 2.75) is 32.7 Å². The van der Waals surface area contributed by atoms with Crippen molar-refractivity contribution in [2.75, 3.05) is 18.4 Å². The monoisotopic (exact) mass is 368 g/mol. The quantitative estimate of drug-likeness (QED) is 0.868. The van der Waals surface area contributed by atoms with Crippen LogP contribution in [0.3, 0.4) is 0 Å². The number of aromatic nitrogens is 2. The fourth-order valence-electron chi connectivity index (χ4n) is 4.51. The third kappa shape index (κ3) is 3.18. The number of aliphatic carboxylic acids is 1. The molecule has 1 aliphatic heterocycles. The molecule has 1 aromatic heterocycles. The number of carbonyl (C=O) groups is 2. The molecule has 27 heavy (non-hydrogen) atoms. The molecule has 1 aromatic carbocycles. The smallest absolute Gasteiger partial charge is 0.323 e. The molecule has 2 amide bonds. The summed E-state index contributed by atoms with van der Waals surface area (Å²) in [5.41, 5.74) is 1.15. The van der Waals surface area contributed by atoms with E-state index in [0.29, 0.717) is 25.3 Å². The second-order valence-electron chi connectivity index (χ2n) is 7.68. The van der Waals surface area contributed by atoms with E-state index in [4.69, 9.17) is 0 Å². The lowest BCUT2D eigenvalue weighted by molar-refractivity contribution is -0.149. The number of urea groups is 1. The Balaban J connectivity index is 1.49. The predicted molar refractivity (Wildman–Crippen MR) is 101 cm³/mol. The number of nitrogens with one attached hydrogen (secondary N) is 1. The van der Waals surface area contributed by atoms with E-state index in [1.54, 1.807) is 9.58 Å². The third-order valence-corrected chi connectivity index (χ3v) is 5.90. The summed E-state index contributed by atoms with van der Waals surface area (Å²) >= 11 is 0. The molecular weight excluding hydrogens is 344 g/mol. The molecule has 4 rings (SSSR count). The second-order valence-corrected chi connectivity index (χ2v) is 7.68. The van der Waals surface area contributed by atoms with E-state index >= 15 is 0 Å². The van der Waals surface area contributed by atoms with Crippen LogP contribution in [0.15, 0.2) is 36.4 Å². The number of carboxylic acid groups (broad SMARTS) is 1. The number of amides is 2. The average molecular weight is 368 g/mol. The van der Waals surface area contributed by atoms with E-state index in [9.17, 15) is 14.7 Å². The summed E-state index contributed by atoms with van der Waals surface area (Å²) in [4.78, 5) is 26.3. The van der Waals surface area contributed by atoms with Gasteiger partial charge >= 0.3 is 12.0 Å². The molecule has 1 saturated heterocycles. The Bertz CT molecular complexity index is 863. The zero-order chi connectivity index (χ0) is 19.0. The molecule has 0 unspecified atom stereocenters. The number of anilines is 1. The molecular formula is C20H24N4O3. The van der Waals surface area contributed by atoms with E-state index < -0.39 is 11.4 Å². The highest BCUT2D eigenvalue weighted by Crippen LogP contribution is 2.48. The first-order chi connectivity index (χ1) is 13.0. The molecule has 0 bridgehead atoms. The molecule has 2 N–H and O–H groups in total. The summed E-state index contributed by atoms with van der Waals surface area (Å²) in [5, 5.41) is 17.1. The minimum atomic E-state index is -0.773. The first kappa shape index (κ1) is 17.6. The Morgan fingerprint density at radius 1 is 1.33 bits per heavy atom. The van der Waals surface area contributed by atoms with Crippen molar-refractivity contribution >= 4 is 17.8 Å². The van der Waals surface area contributed by atoms with Gasteiger partial charge in [0, 0.05) is 19.2 Å². The summed E-state index contributed by atoms with van der Waals surface area (Å²) in [7, 11) is 0. The lowest BCUT2D eigenvalue weighted by Crippen LogP contribution is -2.39. The first-order valence-corrected chi connectivity index (χ1v) is 9.36. The molecule has 7 heteroatoms. The van der Waals surface area contributed by atoms with Gasteiger partial charge in [-0.3, -0.25) is 10.1 Å². The fraction of sp³-hybridized carbons (Fsp3) is 0.450. The molecule has 0 radical (unpaired) electrons. The third-order valence-electron chi connectivity index (χ3n) is 5.90. The van der Waals surface area contributed by atoms with Crippen molar-refractivity contribution in [1.29, 1.82) is 0 Å². The van der Waals surface area contributed by atoms with Crippen molar-refractivity contribution < 1.29 is 14.7 Å². The number of nitrogens with zero attached hydrogens (tertiary/aromatic N) is 3. The van der Waals surface area contributed by atoms with Crippen LogP contribution in [0.2, 0.25) is 0 Å². The van der Waals surface area contributed by atoms with E-state index in [1.165, 1.54) is 0 Å². The normalized spacial score (nSPS) is 24.0. The molecule has 142 valence electrons. The summed E-state index contributed by atoms with van der Waals surface area (Å²) in [6.07, 6.45) is 2.46. The van der Waals surface area contributed by atoms with Crippen LogP contribution in [-0.2, 0) is 11.3 Å². The maximum Gasteiger partial charge on any atom is 0.323 e. The van der Waals surface area contributed by atoms with Gasteiger partial charge in [0.25, 0.3) is 0 Å². The van der Waals surface area contributed by atoms with Gasteiger partial charge in [-0.2, -0.15) is 5.10 Å². The van der Waals surface area contributed by atoms with Gasteiger partial charge < -0.3 is 10.0 Å². The topological polar surface area (TPSA) is 87.5 Å². The van der Waals surface area contributed by atoms with Crippen LogP contribution < -0.4 is 5.32 Å². The van der Waals surface area contributed by atoms with Crippen LogP contribution in [0, 0.1) is 18.3 Å². The van der Waals surface area contributed by atoms with E-state index in [2.05, 4.69) is 10.4 Å². The highest BCUT2D eigenvalue weighted by atomic mass is 16.4. The van der Waals surface area contributed by atoms with Crippen molar-refractivity contribution in [3.63, 3.8) is 0 Å². The number of hydrogen-bond acceptors (Lipinski definition) is 3. The van der Waals surface area contributed by atoms with Crippen LogP contribution >= 0.6 is 0 Å². The first-order valence-electron chi connectivity index (χ1n) is 9.36. The number of carboxylic acids is 1. The fourth-order valence-corrected chi connectivity index (χ4v) is 4.51. The standard InChI is InChI=1S/C20H24N4O3/c1-14-10-17(24(22-14)11-15-6-3-2-4-7-15)21-19(27)23-12-16-8-5-9-20(16,13-23)18(25)26/h2-4,6-7,10,16H,5,8-9,11-13H2,1H3,(H,21,27)(H,25,26)/t16-,20+/m0/s1. The van der Waals surface area contributed by atoms with Crippen molar-refractivity contribution in [1.82, 2.24) is 14.7 Å². The Labute approximate surface area is 158 Å². The SMILES string of the molecule is Cc1cc(NC(=O)N2C[C@@H]3CCC[C@@]3(C(=O)O)C2)n(Cc2ccccc2)n1. The Kier molecular flexibility index (Phi) is 4.37. The van der Waals surface area contributed by atoms with Gasteiger partial charge in [-0.25, -0.2) is 9.48 Å². The molecule has 2 aliphatic rings. The number of fused-ring (bicyclic) bond motifs is 1. The molecule has 2 aromatic rings. The van der Waals surface area contributed by atoms with Gasteiger partial charge in [-0.1, -0.05) is 36.8 Å². The van der Waals surface area contributed by atoms with Crippen LogP contribution in [-0.4, -0.2) is 44.9 Å². The van der Waals surface area contributed by atoms with Crippen LogP contribution in [0.4, 0.5) is 10.6 Å². The lowest BCUT2D eigenvalue weighted by Gasteiger charge is -2.23. The maximum absolute atomic E-state index is 12.8. The van der Waals surface area contributed by atoms with Crippen molar-refractivity contribution in [3.05, 3.63) is 47.7 Å². The minimum absolute atomic E-state index is 0.0525. The predicted octanol–water partition coefficient (Wildman–Crippen LogP) is 2.96. The number of benzene rings is 1. The van der Waals surface area contributed by atoms with E-state index in [1.807, 2.05) is 43.3 Å². The molecule has 1 saturated carbocycles. The lowest BCUT2D eigenvalue weighted by atomic mass is 9.81. The molecule has 0 spiro atoms. The zero-order valence-corrected chi connectivity index (χ0v) is 15.4. The van der Waals surface area contributed by atoms with Gasteiger partial charge in [0.1, 0.15) is 5.82 Å². The summed E-state index contributed by atoms with van der Waals surface area (Å²) in [6, 6.07) is 11.5. The van der Waals surface area contributed by atoms with E-state index in [-0.39, 0.29) is 18.5 Å². The highest BCUT2D eigenvalue weighted by molar-refractivity contribution is 5.90. The number of rotatable bonds is 4. The number of carbonyl (C=O) groups excluding carboxylic acids is 1. The zero-order valence-electron chi connectivity index (χ0n) is 15.4. The molecule has 1 aliphatic carbocycles. The summed E-state index contributed by atoms with van der Waals surface area (Å²) in [6.45, 7) is 3.23. The largest absolute Gasteiger partial charge is 0.481 e. The van der Waals surface area contributed by atoms with E-state index in [0.717, 1.165) is 24.1 Å². The van der Waals surface area contributed by atoms with Crippen LogP contribution in [0.1, 0.15) is 30.5 Å². The molecule has 7 nitrogen and oxygen atoms in total. The van der Waals surface area contributed by atoms with Crippen molar-refractivity contribution in [3.8, 4) is 0 Å². The highest BCUT2D eigenvalue weighted by Gasteiger charge is 2.55. The van der Waals surface area contributed by atoms with Crippen molar-refractivity contribution in [2.24, 2.45) is 11.3 Å². The Morgan fingerprint density at radius 2 is 2.11 bits per heavy atom. The Hall–Kier alpha value is -2.83.